The summed E-state index contributed by atoms with van der Waals surface area (Å²) < 4.78 is 39.2. The van der Waals surface area contributed by atoms with Crippen LogP contribution in [0.4, 0.5) is 0 Å². The van der Waals surface area contributed by atoms with Crippen molar-refractivity contribution in [1.29, 1.82) is 0 Å². The Morgan fingerprint density at radius 2 is 1.77 bits per heavy atom. The lowest BCUT2D eigenvalue weighted by molar-refractivity contribution is -0.133. The minimum Gasteiger partial charge on any atom is -0.454 e. The zero-order chi connectivity index (χ0) is 22.3. The maximum Gasteiger partial charge on any atom is 0.244 e. The minimum atomic E-state index is -3.78. The van der Waals surface area contributed by atoms with Gasteiger partial charge in [-0.15, -0.1) is 0 Å². The number of rotatable bonds is 5. The number of hydrogen-bond acceptors (Lipinski definition) is 5. The average Bonchev–Trinajstić information content (AvgIpc) is 3.35. The van der Waals surface area contributed by atoms with E-state index in [-0.39, 0.29) is 12.7 Å². The van der Waals surface area contributed by atoms with Crippen molar-refractivity contribution in [3.8, 4) is 11.5 Å². The summed E-state index contributed by atoms with van der Waals surface area (Å²) in [4.78, 5) is 15.2. The summed E-state index contributed by atoms with van der Waals surface area (Å²) in [5.41, 5.74) is 3.35. The highest BCUT2D eigenvalue weighted by atomic mass is 32.2. The molecule has 0 spiro atoms. The number of benzene rings is 2. The fourth-order valence-corrected chi connectivity index (χ4v) is 6.68. The van der Waals surface area contributed by atoms with Gasteiger partial charge in [-0.3, -0.25) is 4.79 Å². The lowest BCUT2D eigenvalue weighted by Crippen LogP contribution is -2.46. The van der Waals surface area contributed by atoms with Crippen LogP contribution in [0.1, 0.15) is 35.1 Å². The zero-order valence-electron chi connectivity index (χ0n) is 18.3. The van der Waals surface area contributed by atoms with Crippen molar-refractivity contribution in [2.24, 2.45) is 0 Å². The smallest absolute Gasteiger partial charge is 0.244 e. The minimum absolute atomic E-state index is 0.193. The van der Waals surface area contributed by atoms with Crippen molar-refractivity contribution >= 4 is 15.9 Å². The Kier molecular flexibility index (Phi) is 5.70. The average molecular weight is 445 g/mol. The summed E-state index contributed by atoms with van der Waals surface area (Å²) in [5, 5.41) is 0. The molecule has 2 heterocycles. The van der Waals surface area contributed by atoms with Gasteiger partial charge in [0.1, 0.15) is 6.04 Å². The van der Waals surface area contributed by atoms with E-state index in [2.05, 4.69) is 0 Å². The number of ether oxygens (including phenoxy) is 2. The number of likely N-dealkylation sites (N-methyl/N-ethyl adjacent to an activating group) is 1. The molecule has 0 aromatic heterocycles. The van der Waals surface area contributed by atoms with Gasteiger partial charge in [-0.2, -0.15) is 4.31 Å². The number of amides is 1. The van der Waals surface area contributed by atoms with Crippen LogP contribution in [0.2, 0.25) is 0 Å². The van der Waals surface area contributed by atoms with Crippen LogP contribution < -0.4 is 9.47 Å². The van der Waals surface area contributed by atoms with E-state index in [9.17, 15) is 13.2 Å². The van der Waals surface area contributed by atoms with Crippen LogP contribution >= 0.6 is 0 Å². The Labute approximate surface area is 183 Å². The lowest BCUT2D eigenvalue weighted by atomic mass is 10.1. The first-order valence-corrected chi connectivity index (χ1v) is 11.9. The molecular weight excluding hydrogens is 416 g/mol. The van der Waals surface area contributed by atoms with Crippen LogP contribution in [0.5, 0.6) is 11.5 Å². The fourth-order valence-electron chi connectivity index (χ4n) is 4.61. The summed E-state index contributed by atoms with van der Waals surface area (Å²) in [5.74, 6) is 1.16. The predicted octanol–water partition coefficient (Wildman–Crippen LogP) is 3.15. The number of hydrogen-bond donors (Lipinski definition) is 0. The lowest BCUT2D eigenvalue weighted by Gasteiger charge is -2.28. The van der Waals surface area contributed by atoms with E-state index in [1.165, 1.54) is 4.31 Å². The summed E-state index contributed by atoms with van der Waals surface area (Å²) in [7, 11) is -2.07. The fraction of sp³-hybridized carbons (Fsp3) is 0.435. The largest absolute Gasteiger partial charge is 0.454 e. The highest BCUT2D eigenvalue weighted by molar-refractivity contribution is 7.89. The van der Waals surface area contributed by atoms with Crippen molar-refractivity contribution in [2.75, 3.05) is 20.4 Å². The van der Waals surface area contributed by atoms with Gasteiger partial charge in [0.15, 0.2) is 11.5 Å². The van der Waals surface area contributed by atoms with Gasteiger partial charge in [-0.1, -0.05) is 23.8 Å². The van der Waals surface area contributed by atoms with Gasteiger partial charge in [0.05, 0.1) is 4.90 Å². The Hall–Kier alpha value is -2.58. The van der Waals surface area contributed by atoms with Crippen molar-refractivity contribution < 1.29 is 22.7 Å². The Morgan fingerprint density at radius 3 is 2.48 bits per heavy atom. The van der Waals surface area contributed by atoms with Crippen molar-refractivity contribution in [1.82, 2.24) is 9.21 Å². The maximum absolute atomic E-state index is 13.5. The normalized spacial score (nSPS) is 18.4. The van der Waals surface area contributed by atoms with Crippen LogP contribution in [0, 0.1) is 20.8 Å². The number of aryl methyl sites for hydroxylation is 3. The maximum atomic E-state index is 13.5. The van der Waals surface area contributed by atoms with Gasteiger partial charge in [0.2, 0.25) is 22.7 Å². The van der Waals surface area contributed by atoms with E-state index in [0.29, 0.717) is 53.5 Å². The molecule has 1 amide bonds. The molecule has 31 heavy (non-hydrogen) atoms. The molecule has 1 unspecified atom stereocenters. The summed E-state index contributed by atoms with van der Waals surface area (Å²) in [6.07, 6.45) is 1.19. The third kappa shape index (κ3) is 4.02. The summed E-state index contributed by atoms with van der Waals surface area (Å²) in [6, 6.07) is 8.62. The topological polar surface area (TPSA) is 76.2 Å². The van der Waals surface area contributed by atoms with Crippen LogP contribution in [0.15, 0.2) is 35.2 Å². The number of carbonyl (C=O) groups is 1. The molecule has 2 aliphatic heterocycles. The molecule has 0 bridgehead atoms. The van der Waals surface area contributed by atoms with E-state index < -0.39 is 16.1 Å². The first-order valence-electron chi connectivity index (χ1n) is 10.4. The van der Waals surface area contributed by atoms with E-state index in [1.54, 1.807) is 11.9 Å². The van der Waals surface area contributed by atoms with Gasteiger partial charge >= 0.3 is 0 Å². The molecule has 1 fully saturated rings. The number of carbonyl (C=O) groups excluding carboxylic acids is 1. The van der Waals surface area contributed by atoms with Crippen molar-refractivity contribution in [3.63, 3.8) is 0 Å². The molecular formula is C23H28N2O5S. The second-order valence-electron chi connectivity index (χ2n) is 8.38. The summed E-state index contributed by atoms with van der Waals surface area (Å²) >= 11 is 0. The van der Waals surface area contributed by atoms with Crippen LogP contribution in [0.25, 0.3) is 0 Å². The molecule has 0 aliphatic carbocycles. The molecule has 2 aromatic carbocycles. The Morgan fingerprint density at radius 1 is 1.10 bits per heavy atom. The van der Waals surface area contributed by atoms with Crippen molar-refractivity contribution in [3.05, 3.63) is 52.6 Å². The molecule has 1 saturated heterocycles. The van der Waals surface area contributed by atoms with E-state index in [4.69, 9.17) is 9.47 Å². The molecule has 4 rings (SSSR count). The van der Waals surface area contributed by atoms with Crippen LogP contribution in [-0.2, 0) is 21.4 Å². The standard InChI is InChI=1S/C23H28N2O5S/c1-15-10-16(2)22(17(3)11-15)31(27,28)25-9-5-6-19(25)23(26)24(4)13-18-7-8-20-21(12-18)30-14-29-20/h7-8,10-12,19H,5-6,9,13-14H2,1-4H3. The Balaban J connectivity index is 1.55. The Bertz CT molecular complexity index is 1110. The summed E-state index contributed by atoms with van der Waals surface area (Å²) in [6.45, 7) is 6.48. The van der Waals surface area contributed by atoms with E-state index >= 15 is 0 Å². The highest BCUT2D eigenvalue weighted by Gasteiger charge is 2.41. The number of nitrogens with zero attached hydrogens (tertiary/aromatic N) is 2. The van der Waals surface area contributed by atoms with Crippen molar-refractivity contribution in [2.45, 2.75) is 51.1 Å². The molecule has 7 nitrogen and oxygen atoms in total. The molecule has 166 valence electrons. The first kappa shape index (κ1) is 21.6. The molecule has 0 N–H and O–H groups in total. The molecule has 8 heteroatoms. The highest BCUT2D eigenvalue weighted by Crippen LogP contribution is 2.34. The van der Waals surface area contributed by atoms with Crippen LogP contribution in [-0.4, -0.2) is 50.0 Å². The molecule has 2 aromatic rings. The van der Waals surface area contributed by atoms with Gasteiger partial charge in [-0.25, -0.2) is 8.42 Å². The zero-order valence-corrected chi connectivity index (χ0v) is 19.2. The SMILES string of the molecule is Cc1cc(C)c(S(=O)(=O)N2CCCC2C(=O)N(C)Cc2ccc3c(c2)OCO3)c(C)c1. The number of fused-ring (bicyclic) bond motifs is 1. The first-order chi connectivity index (χ1) is 14.7. The third-order valence-electron chi connectivity index (χ3n) is 5.89. The quantitative estimate of drug-likeness (QED) is 0.708. The molecule has 0 saturated carbocycles. The second kappa shape index (κ2) is 8.16. The van der Waals surface area contributed by atoms with Gasteiger partial charge in [0.25, 0.3) is 0 Å². The van der Waals surface area contributed by atoms with Gasteiger partial charge < -0.3 is 14.4 Å². The monoisotopic (exact) mass is 444 g/mol. The third-order valence-corrected chi connectivity index (χ3v) is 8.11. The second-order valence-corrected chi connectivity index (χ2v) is 10.2. The van der Waals surface area contributed by atoms with Gasteiger partial charge in [0, 0.05) is 20.1 Å². The van der Waals surface area contributed by atoms with Gasteiger partial charge in [-0.05, 0) is 62.4 Å². The molecule has 0 radical (unpaired) electrons. The molecule has 2 aliphatic rings. The van der Waals surface area contributed by atoms with E-state index in [1.807, 2.05) is 51.1 Å². The van der Waals surface area contributed by atoms with Crippen LogP contribution in [0.3, 0.4) is 0 Å². The predicted molar refractivity (Wildman–Crippen MR) is 117 cm³/mol. The number of sulfonamides is 1. The van der Waals surface area contributed by atoms with E-state index in [0.717, 1.165) is 11.1 Å². The molecule has 1 atom stereocenters.